The molecule has 0 spiro atoms. The van der Waals surface area contributed by atoms with E-state index in [1.54, 1.807) is 29.2 Å². The van der Waals surface area contributed by atoms with E-state index in [-0.39, 0.29) is 35.2 Å². The number of likely N-dealkylation sites (tertiary alicyclic amines) is 1. The Bertz CT molecular complexity index is 814. The minimum absolute atomic E-state index is 0.00729. The second-order valence-corrected chi connectivity index (χ2v) is 9.58. The Kier molecular flexibility index (Phi) is 6.40. The van der Waals surface area contributed by atoms with Crippen molar-refractivity contribution in [3.05, 3.63) is 29.8 Å². The maximum absolute atomic E-state index is 12.9. The van der Waals surface area contributed by atoms with Gasteiger partial charge in [-0.15, -0.1) is 0 Å². The number of amides is 1. The van der Waals surface area contributed by atoms with Gasteiger partial charge in [0, 0.05) is 26.2 Å². The van der Waals surface area contributed by atoms with Crippen LogP contribution in [0.1, 0.15) is 31.2 Å². The lowest BCUT2D eigenvalue weighted by Crippen LogP contribution is -2.49. The van der Waals surface area contributed by atoms with E-state index in [1.807, 2.05) is 6.92 Å². The highest BCUT2D eigenvalue weighted by atomic mass is 32.2. The number of carbonyl (C=O) groups is 2. The molecule has 0 bridgehead atoms. The molecule has 1 aromatic carbocycles. The summed E-state index contributed by atoms with van der Waals surface area (Å²) in [6.07, 6.45) is 2.54. The molecule has 2 fully saturated rings. The van der Waals surface area contributed by atoms with E-state index in [1.165, 1.54) is 11.4 Å². The number of aryl methyl sites for hydroxylation is 1. The fraction of sp³-hybridized carbons (Fsp3) is 0.600. The first kappa shape index (κ1) is 20.8. The highest BCUT2D eigenvalue weighted by molar-refractivity contribution is 7.89. The highest BCUT2D eigenvalue weighted by Crippen LogP contribution is 2.27. The van der Waals surface area contributed by atoms with Crippen molar-refractivity contribution in [2.24, 2.45) is 11.8 Å². The molecule has 0 saturated carbocycles. The first-order valence-corrected chi connectivity index (χ1v) is 11.2. The van der Waals surface area contributed by atoms with Gasteiger partial charge in [-0.05, 0) is 44.7 Å². The Morgan fingerprint density at radius 1 is 1.00 bits per heavy atom. The lowest BCUT2D eigenvalue weighted by molar-refractivity contribution is -0.149. The van der Waals surface area contributed by atoms with Crippen LogP contribution in [0, 0.1) is 18.8 Å². The third-order valence-electron chi connectivity index (χ3n) is 5.73. The lowest BCUT2D eigenvalue weighted by Gasteiger charge is -2.37. The van der Waals surface area contributed by atoms with Gasteiger partial charge in [0.25, 0.3) is 0 Å². The Morgan fingerprint density at radius 2 is 1.64 bits per heavy atom. The van der Waals surface area contributed by atoms with Gasteiger partial charge >= 0.3 is 5.97 Å². The van der Waals surface area contributed by atoms with Crippen molar-refractivity contribution in [1.82, 2.24) is 9.21 Å². The number of methoxy groups -OCH3 is 1. The van der Waals surface area contributed by atoms with Crippen molar-refractivity contribution < 1.29 is 22.7 Å². The average Bonchev–Trinajstić information content (AvgIpc) is 2.73. The third kappa shape index (κ3) is 4.38. The molecule has 2 saturated heterocycles. The van der Waals surface area contributed by atoms with Crippen LogP contribution in [0.3, 0.4) is 0 Å². The normalized spacial score (nSPS) is 22.1. The topological polar surface area (TPSA) is 84.0 Å². The molecule has 0 aromatic heterocycles. The Balaban J connectivity index is 1.64. The SMILES string of the molecule is COC(=O)C1CCN(C(=O)C2CCCN(S(=O)(=O)c3ccc(C)cc3)C2)CC1. The van der Waals surface area contributed by atoms with Crippen LogP contribution in [0.2, 0.25) is 0 Å². The molecule has 1 atom stereocenters. The highest BCUT2D eigenvalue weighted by Gasteiger charge is 2.36. The van der Waals surface area contributed by atoms with Crippen molar-refractivity contribution >= 4 is 21.9 Å². The molecular weight excluding hydrogens is 380 g/mol. The molecule has 154 valence electrons. The summed E-state index contributed by atoms with van der Waals surface area (Å²) in [4.78, 5) is 26.6. The molecular formula is C20H28N2O5S. The van der Waals surface area contributed by atoms with Crippen LogP contribution in [0.5, 0.6) is 0 Å². The van der Waals surface area contributed by atoms with Gasteiger partial charge in [-0.25, -0.2) is 8.42 Å². The van der Waals surface area contributed by atoms with E-state index in [9.17, 15) is 18.0 Å². The van der Waals surface area contributed by atoms with Crippen molar-refractivity contribution in [3.8, 4) is 0 Å². The van der Waals surface area contributed by atoms with Crippen LogP contribution in [-0.2, 0) is 24.3 Å². The van der Waals surface area contributed by atoms with Crippen LogP contribution in [0.15, 0.2) is 29.2 Å². The summed E-state index contributed by atoms with van der Waals surface area (Å²) in [5.74, 6) is -0.713. The second kappa shape index (κ2) is 8.61. The quantitative estimate of drug-likeness (QED) is 0.710. The van der Waals surface area contributed by atoms with Gasteiger partial charge in [0.15, 0.2) is 0 Å². The fourth-order valence-corrected chi connectivity index (χ4v) is 5.51. The number of piperidine rings is 2. The molecule has 28 heavy (non-hydrogen) atoms. The number of carbonyl (C=O) groups excluding carboxylic acids is 2. The van der Waals surface area contributed by atoms with E-state index in [2.05, 4.69) is 0 Å². The van der Waals surface area contributed by atoms with Crippen molar-refractivity contribution in [1.29, 1.82) is 0 Å². The molecule has 1 amide bonds. The first-order valence-electron chi connectivity index (χ1n) is 9.76. The van der Waals surface area contributed by atoms with Crippen molar-refractivity contribution in [3.63, 3.8) is 0 Å². The van der Waals surface area contributed by atoms with Crippen LogP contribution in [0.4, 0.5) is 0 Å². The lowest BCUT2D eigenvalue weighted by atomic mass is 9.93. The summed E-state index contributed by atoms with van der Waals surface area (Å²) in [5.41, 5.74) is 1.00. The molecule has 2 heterocycles. The zero-order valence-corrected chi connectivity index (χ0v) is 17.3. The Labute approximate surface area is 166 Å². The van der Waals surface area contributed by atoms with Gasteiger partial charge in [0.05, 0.1) is 23.8 Å². The molecule has 3 rings (SSSR count). The van der Waals surface area contributed by atoms with Crippen LogP contribution in [0.25, 0.3) is 0 Å². The van der Waals surface area contributed by atoms with Gasteiger partial charge < -0.3 is 9.64 Å². The van der Waals surface area contributed by atoms with Gasteiger partial charge in [-0.1, -0.05) is 17.7 Å². The number of sulfonamides is 1. The standard InChI is InChI=1S/C20H28N2O5S/c1-15-5-7-18(8-6-15)28(25,26)22-11-3-4-17(14-22)19(23)21-12-9-16(10-13-21)20(24)27-2/h5-8,16-17H,3-4,9-14H2,1-2H3. The molecule has 2 aliphatic rings. The first-order chi connectivity index (χ1) is 13.3. The van der Waals surface area contributed by atoms with Gasteiger partial charge in [-0.2, -0.15) is 4.31 Å². The molecule has 0 radical (unpaired) electrons. The van der Waals surface area contributed by atoms with E-state index in [0.29, 0.717) is 45.3 Å². The molecule has 0 aliphatic carbocycles. The number of rotatable bonds is 4. The van der Waals surface area contributed by atoms with Crippen LogP contribution in [-0.4, -0.2) is 62.8 Å². The third-order valence-corrected chi connectivity index (χ3v) is 7.61. The van der Waals surface area contributed by atoms with Gasteiger partial charge in [-0.3, -0.25) is 9.59 Å². The molecule has 8 heteroatoms. The molecule has 7 nitrogen and oxygen atoms in total. The van der Waals surface area contributed by atoms with E-state index in [0.717, 1.165) is 5.56 Å². The number of hydrogen-bond donors (Lipinski definition) is 0. The predicted molar refractivity (Wildman–Crippen MR) is 104 cm³/mol. The minimum atomic E-state index is -3.60. The number of nitrogens with zero attached hydrogens (tertiary/aromatic N) is 2. The van der Waals surface area contributed by atoms with Crippen molar-refractivity contribution in [2.45, 2.75) is 37.5 Å². The number of ether oxygens (including phenoxy) is 1. The maximum Gasteiger partial charge on any atom is 0.308 e. The average molecular weight is 409 g/mol. The minimum Gasteiger partial charge on any atom is -0.469 e. The van der Waals surface area contributed by atoms with Gasteiger partial charge in [0.2, 0.25) is 15.9 Å². The van der Waals surface area contributed by atoms with E-state index < -0.39 is 10.0 Å². The largest absolute Gasteiger partial charge is 0.469 e. The summed E-state index contributed by atoms with van der Waals surface area (Å²) in [6.45, 7) is 3.59. The number of esters is 1. The zero-order valence-electron chi connectivity index (χ0n) is 16.5. The van der Waals surface area contributed by atoms with E-state index >= 15 is 0 Å². The van der Waals surface area contributed by atoms with Crippen LogP contribution < -0.4 is 0 Å². The Hall–Kier alpha value is -1.93. The smallest absolute Gasteiger partial charge is 0.308 e. The summed E-state index contributed by atoms with van der Waals surface area (Å²) < 4.78 is 32.1. The molecule has 0 N–H and O–H groups in total. The Morgan fingerprint density at radius 3 is 2.25 bits per heavy atom. The summed E-state index contributed by atoms with van der Waals surface area (Å²) in [7, 11) is -2.22. The zero-order chi connectivity index (χ0) is 20.3. The maximum atomic E-state index is 12.9. The summed E-state index contributed by atoms with van der Waals surface area (Å²) >= 11 is 0. The summed E-state index contributed by atoms with van der Waals surface area (Å²) in [6, 6.07) is 6.80. The molecule has 2 aliphatic heterocycles. The number of hydrogen-bond acceptors (Lipinski definition) is 5. The molecule has 1 aromatic rings. The van der Waals surface area contributed by atoms with Crippen molar-refractivity contribution in [2.75, 3.05) is 33.3 Å². The predicted octanol–water partition coefficient (Wildman–Crippen LogP) is 1.81. The summed E-state index contributed by atoms with van der Waals surface area (Å²) in [5, 5.41) is 0. The fourth-order valence-electron chi connectivity index (χ4n) is 3.98. The monoisotopic (exact) mass is 408 g/mol. The van der Waals surface area contributed by atoms with Crippen LogP contribution >= 0.6 is 0 Å². The second-order valence-electron chi connectivity index (χ2n) is 7.64. The van der Waals surface area contributed by atoms with E-state index in [4.69, 9.17) is 4.74 Å². The molecule has 1 unspecified atom stereocenters. The van der Waals surface area contributed by atoms with Gasteiger partial charge in [0.1, 0.15) is 0 Å². The number of benzene rings is 1.